The largest absolute Gasteiger partial charge is 0.381 e. The number of hydrogen-bond donors (Lipinski definition) is 1. The summed E-state index contributed by atoms with van der Waals surface area (Å²) in [5.74, 6) is 0.961. The number of carbonyl (C=O) groups is 1. The van der Waals surface area contributed by atoms with Gasteiger partial charge in [-0.15, -0.1) is 12.4 Å². The molecule has 2 aliphatic heterocycles. The van der Waals surface area contributed by atoms with Gasteiger partial charge in [0.1, 0.15) is 0 Å². The Labute approximate surface area is 144 Å². The molecule has 1 aromatic rings. The van der Waals surface area contributed by atoms with Gasteiger partial charge in [0, 0.05) is 52.5 Å². The number of ether oxygens (including phenoxy) is 1. The molecule has 130 valence electrons. The molecule has 2 fully saturated rings. The molecule has 2 saturated heterocycles. The first kappa shape index (κ1) is 18.2. The number of amides is 1. The average Bonchev–Trinajstić information content (AvgIpc) is 3.15. The molecule has 23 heavy (non-hydrogen) atoms. The van der Waals surface area contributed by atoms with Crippen LogP contribution in [0.1, 0.15) is 24.3 Å². The van der Waals surface area contributed by atoms with Gasteiger partial charge in [0.15, 0.2) is 0 Å². The van der Waals surface area contributed by atoms with Crippen molar-refractivity contribution in [2.24, 2.45) is 18.9 Å². The maximum Gasteiger partial charge on any atom is 0.227 e. The van der Waals surface area contributed by atoms with Crippen LogP contribution in [0.15, 0.2) is 12.4 Å². The number of nitrogens with zero attached hydrogens (tertiary/aromatic N) is 3. The number of aromatic nitrogens is 2. The van der Waals surface area contributed by atoms with Gasteiger partial charge >= 0.3 is 0 Å². The second kappa shape index (κ2) is 8.13. The molecule has 0 aromatic carbocycles. The van der Waals surface area contributed by atoms with Gasteiger partial charge < -0.3 is 15.0 Å². The van der Waals surface area contributed by atoms with Crippen LogP contribution in [0.5, 0.6) is 0 Å². The van der Waals surface area contributed by atoms with Gasteiger partial charge in [0.25, 0.3) is 0 Å². The SMILES string of the molecule is CN(CC1CCCOC1)C(=O)[C@H]1CNC[C@@H]1c1cnn(C)c1.Cl. The predicted octanol–water partition coefficient (Wildman–Crippen LogP) is 1.03. The molecule has 0 saturated carbocycles. The Hall–Kier alpha value is -1.11. The van der Waals surface area contributed by atoms with Crippen LogP contribution in [0.2, 0.25) is 0 Å². The standard InChI is InChI=1S/C16H26N4O2.ClH/c1-19(9-12-4-3-5-22-11-12)16(21)15-8-17-7-14(15)13-6-18-20(2)10-13;/h6,10,12,14-15,17H,3-5,7-9,11H2,1-2H3;1H/t12?,14-,15+;/m1./s1. The van der Waals surface area contributed by atoms with Crippen molar-refractivity contribution in [3.63, 3.8) is 0 Å². The Morgan fingerprint density at radius 2 is 2.35 bits per heavy atom. The lowest BCUT2D eigenvalue weighted by molar-refractivity contribution is -0.135. The van der Waals surface area contributed by atoms with Gasteiger partial charge in [0.2, 0.25) is 5.91 Å². The van der Waals surface area contributed by atoms with E-state index in [1.54, 1.807) is 4.68 Å². The zero-order valence-corrected chi connectivity index (χ0v) is 14.7. The Morgan fingerprint density at radius 1 is 1.52 bits per heavy atom. The Kier molecular flexibility index (Phi) is 6.44. The molecular formula is C16H27ClN4O2. The summed E-state index contributed by atoms with van der Waals surface area (Å²) in [6, 6.07) is 0. The number of hydrogen-bond acceptors (Lipinski definition) is 4. The summed E-state index contributed by atoms with van der Waals surface area (Å²) in [6.45, 7) is 4.05. The first-order valence-corrected chi connectivity index (χ1v) is 8.17. The van der Waals surface area contributed by atoms with E-state index >= 15 is 0 Å². The van der Waals surface area contributed by atoms with E-state index in [1.807, 2.05) is 31.4 Å². The van der Waals surface area contributed by atoms with E-state index in [9.17, 15) is 4.79 Å². The van der Waals surface area contributed by atoms with Gasteiger partial charge in [-0.2, -0.15) is 5.10 Å². The molecule has 1 unspecified atom stereocenters. The van der Waals surface area contributed by atoms with E-state index in [0.29, 0.717) is 5.92 Å². The van der Waals surface area contributed by atoms with Crippen LogP contribution in [0.25, 0.3) is 0 Å². The smallest absolute Gasteiger partial charge is 0.227 e. The molecule has 3 rings (SSSR count). The van der Waals surface area contributed by atoms with Crippen LogP contribution in [0, 0.1) is 11.8 Å². The van der Waals surface area contributed by atoms with Crippen LogP contribution in [0.4, 0.5) is 0 Å². The van der Waals surface area contributed by atoms with E-state index in [1.165, 1.54) is 0 Å². The lowest BCUT2D eigenvalue weighted by Crippen LogP contribution is -2.40. The molecule has 2 aliphatic rings. The highest BCUT2D eigenvalue weighted by Crippen LogP contribution is 2.29. The normalized spacial score (nSPS) is 27.5. The van der Waals surface area contributed by atoms with Crippen molar-refractivity contribution in [1.82, 2.24) is 20.0 Å². The maximum atomic E-state index is 12.8. The molecular weight excluding hydrogens is 316 g/mol. The lowest BCUT2D eigenvalue weighted by Gasteiger charge is -2.29. The molecule has 1 amide bonds. The Bertz CT molecular complexity index is 516. The number of nitrogens with one attached hydrogen (secondary N) is 1. The van der Waals surface area contributed by atoms with Gasteiger partial charge in [0.05, 0.1) is 18.7 Å². The van der Waals surface area contributed by atoms with Crippen molar-refractivity contribution >= 4 is 18.3 Å². The summed E-state index contributed by atoms with van der Waals surface area (Å²) in [6.07, 6.45) is 6.17. The molecule has 0 spiro atoms. The van der Waals surface area contributed by atoms with Crippen LogP contribution in [-0.4, -0.2) is 60.5 Å². The topological polar surface area (TPSA) is 59.4 Å². The summed E-state index contributed by atoms with van der Waals surface area (Å²) < 4.78 is 7.32. The first-order valence-electron chi connectivity index (χ1n) is 8.17. The highest BCUT2D eigenvalue weighted by Gasteiger charge is 2.36. The van der Waals surface area contributed by atoms with Crippen LogP contribution in [0.3, 0.4) is 0 Å². The molecule has 3 atom stereocenters. The highest BCUT2D eigenvalue weighted by atomic mass is 35.5. The van der Waals surface area contributed by atoms with Crippen molar-refractivity contribution in [3.8, 4) is 0 Å². The average molecular weight is 343 g/mol. The molecule has 1 aromatic heterocycles. The van der Waals surface area contributed by atoms with Gasteiger partial charge in [-0.05, 0) is 24.3 Å². The number of halogens is 1. The minimum atomic E-state index is 0. The van der Waals surface area contributed by atoms with Gasteiger partial charge in [-0.1, -0.05) is 0 Å². The van der Waals surface area contributed by atoms with E-state index < -0.39 is 0 Å². The number of rotatable bonds is 4. The molecule has 0 radical (unpaired) electrons. The van der Waals surface area contributed by atoms with Gasteiger partial charge in [-0.3, -0.25) is 9.48 Å². The van der Waals surface area contributed by atoms with Crippen molar-refractivity contribution in [3.05, 3.63) is 18.0 Å². The summed E-state index contributed by atoms with van der Waals surface area (Å²) >= 11 is 0. The highest BCUT2D eigenvalue weighted by molar-refractivity contribution is 5.85. The molecule has 0 bridgehead atoms. The second-order valence-corrected chi connectivity index (χ2v) is 6.62. The zero-order chi connectivity index (χ0) is 15.5. The quantitative estimate of drug-likeness (QED) is 0.888. The predicted molar refractivity (Wildman–Crippen MR) is 90.7 cm³/mol. The van der Waals surface area contributed by atoms with Crippen molar-refractivity contribution in [2.45, 2.75) is 18.8 Å². The fraction of sp³-hybridized carbons (Fsp3) is 0.750. The number of aryl methyl sites for hydroxylation is 1. The van der Waals surface area contributed by atoms with Gasteiger partial charge in [-0.25, -0.2) is 0 Å². The van der Waals surface area contributed by atoms with E-state index in [4.69, 9.17) is 4.74 Å². The fourth-order valence-corrected chi connectivity index (χ4v) is 3.63. The second-order valence-electron chi connectivity index (χ2n) is 6.62. The van der Waals surface area contributed by atoms with Crippen LogP contribution < -0.4 is 5.32 Å². The summed E-state index contributed by atoms with van der Waals surface area (Å²) in [5, 5.41) is 7.60. The third kappa shape index (κ3) is 4.25. The fourth-order valence-electron chi connectivity index (χ4n) is 3.63. The molecule has 1 N–H and O–H groups in total. The van der Waals surface area contributed by atoms with Crippen LogP contribution in [-0.2, 0) is 16.6 Å². The van der Waals surface area contributed by atoms with E-state index in [-0.39, 0.29) is 30.2 Å². The van der Waals surface area contributed by atoms with Crippen molar-refractivity contribution < 1.29 is 9.53 Å². The molecule has 6 nitrogen and oxygen atoms in total. The molecule has 7 heteroatoms. The first-order chi connectivity index (χ1) is 10.6. The van der Waals surface area contributed by atoms with E-state index in [0.717, 1.165) is 51.3 Å². The molecule has 0 aliphatic carbocycles. The monoisotopic (exact) mass is 342 g/mol. The van der Waals surface area contributed by atoms with Crippen molar-refractivity contribution in [2.75, 3.05) is 39.9 Å². The van der Waals surface area contributed by atoms with Crippen LogP contribution >= 0.6 is 12.4 Å². The Balaban J connectivity index is 0.00000192. The minimum absolute atomic E-state index is 0. The molecule has 3 heterocycles. The Morgan fingerprint density at radius 3 is 3.00 bits per heavy atom. The lowest BCUT2D eigenvalue weighted by atomic mass is 9.89. The minimum Gasteiger partial charge on any atom is -0.381 e. The summed E-state index contributed by atoms with van der Waals surface area (Å²) in [4.78, 5) is 14.7. The zero-order valence-electron chi connectivity index (χ0n) is 13.9. The maximum absolute atomic E-state index is 12.8. The summed E-state index contributed by atoms with van der Waals surface area (Å²) in [5.41, 5.74) is 1.15. The van der Waals surface area contributed by atoms with Crippen molar-refractivity contribution in [1.29, 1.82) is 0 Å². The third-order valence-corrected chi connectivity index (χ3v) is 4.85. The third-order valence-electron chi connectivity index (χ3n) is 4.85. The van der Waals surface area contributed by atoms with E-state index in [2.05, 4.69) is 10.4 Å². The number of carbonyl (C=O) groups excluding carboxylic acids is 1. The summed E-state index contributed by atoms with van der Waals surface area (Å²) in [7, 11) is 3.84.